The van der Waals surface area contributed by atoms with Crippen molar-refractivity contribution < 1.29 is 0 Å². The van der Waals surface area contributed by atoms with Gasteiger partial charge in [-0.05, 0) is 18.2 Å². The Bertz CT molecular complexity index is 828. The van der Waals surface area contributed by atoms with Crippen molar-refractivity contribution in [2.24, 2.45) is 4.99 Å². The van der Waals surface area contributed by atoms with Crippen LogP contribution >= 0.6 is 0 Å². The third-order valence-electron chi connectivity index (χ3n) is 3.29. The second-order valence-electron chi connectivity index (χ2n) is 5.25. The van der Waals surface area contributed by atoms with Crippen molar-refractivity contribution in [2.75, 3.05) is 14.1 Å². The number of aliphatic imine (C=N–C) groups is 1. The van der Waals surface area contributed by atoms with Crippen molar-refractivity contribution in [1.29, 1.82) is 0 Å². The maximum absolute atomic E-state index is 4.49. The topological polar surface area (TPSA) is 44.3 Å². The molecule has 1 heterocycles. The summed E-state index contributed by atoms with van der Waals surface area (Å²) in [6.45, 7) is 0. The zero-order valence-electron chi connectivity index (χ0n) is 12.7. The average molecular weight is 290 g/mol. The fourth-order valence-electron chi connectivity index (χ4n) is 2.20. The number of hydrogen-bond donors (Lipinski definition) is 1. The molecule has 3 rings (SSSR count). The Kier molecular flexibility index (Phi) is 4.01. The van der Waals surface area contributed by atoms with E-state index in [1.807, 2.05) is 73.6 Å². The second kappa shape index (κ2) is 6.26. The molecule has 22 heavy (non-hydrogen) atoms. The molecule has 0 fully saturated rings. The van der Waals surface area contributed by atoms with Gasteiger partial charge >= 0.3 is 0 Å². The average Bonchev–Trinajstić information content (AvgIpc) is 2.95. The quantitative estimate of drug-likeness (QED) is 0.584. The molecule has 110 valence electrons. The highest BCUT2D eigenvalue weighted by atomic mass is 15.1. The lowest BCUT2D eigenvalue weighted by molar-refractivity contribution is 0.643. The molecule has 0 unspecified atom stereocenters. The van der Waals surface area contributed by atoms with E-state index in [1.54, 1.807) is 6.34 Å². The SMILES string of the molecule is CN(C)C=Nc1ccccc1/C=C/c1n[nH]c2ccccc12. The molecule has 0 radical (unpaired) electrons. The summed E-state index contributed by atoms with van der Waals surface area (Å²) >= 11 is 0. The van der Waals surface area contributed by atoms with Gasteiger partial charge in [-0.15, -0.1) is 0 Å². The van der Waals surface area contributed by atoms with E-state index in [1.165, 1.54) is 0 Å². The minimum atomic E-state index is 0.932. The maximum Gasteiger partial charge on any atom is 0.0927 e. The first-order valence-electron chi connectivity index (χ1n) is 7.15. The zero-order valence-corrected chi connectivity index (χ0v) is 12.7. The fraction of sp³-hybridized carbons (Fsp3) is 0.111. The van der Waals surface area contributed by atoms with Gasteiger partial charge in [-0.3, -0.25) is 5.10 Å². The van der Waals surface area contributed by atoms with Gasteiger partial charge in [-0.1, -0.05) is 42.5 Å². The third kappa shape index (κ3) is 3.06. The van der Waals surface area contributed by atoms with Gasteiger partial charge in [0.15, 0.2) is 0 Å². The van der Waals surface area contributed by atoms with Crippen LogP contribution in [0.25, 0.3) is 23.1 Å². The van der Waals surface area contributed by atoms with Crippen LogP contribution < -0.4 is 0 Å². The van der Waals surface area contributed by atoms with Crippen molar-refractivity contribution >= 4 is 35.1 Å². The van der Waals surface area contributed by atoms with Crippen LogP contribution in [0.1, 0.15) is 11.3 Å². The van der Waals surface area contributed by atoms with Gasteiger partial charge in [0, 0.05) is 25.0 Å². The molecule has 0 atom stereocenters. The fourth-order valence-corrected chi connectivity index (χ4v) is 2.20. The molecular formula is C18H18N4. The van der Waals surface area contributed by atoms with Crippen LogP contribution in [-0.4, -0.2) is 35.5 Å². The van der Waals surface area contributed by atoms with Crippen molar-refractivity contribution in [1.82, 2.24) is 15.1 Å². The Hall–Kier alpha value is -2.88. The minimum Gasteiger partial charge on any atom is -0.369 e. The van der Waals surface area contributed by atoms with Crippen LogP contribution in [0.4, 0.5) is 5.69 Å². The highest BCUT2D eigenvalue weighted by Crippen LogP contribution is 2.22. The summed E-state index contributed by atoms with van der Waals surface area (Å²) in [4.78, 5) is 6.41. The number of nitrogens with one attached hydrogen (secondary N) is 1. The summed E-state index contributed by atoms with van der Waals surface area (Å²) in [5.41, 5.74) is 3.98. The third-order valence-corrected chi connectivity index (χ3v) is 3.29. The summed E-state index contributed by atoms with van der Waals surface area (Å²) in [6, 6.07) is 16.2. The van der Waals surface area contributed by atoms with Crippen molar-refractivity contribution in [3.63, 3.8) is 0 Å². The lowest BCUT2D eigenvalue weighted by Crippen LogP contribution is -2.07. The van der Waals surface area contributed by atoms with E-state index < -0.39 is 0 Å². The zero-order chi connectivity index (χ0) is 15.4. The van der Waals surface area contributed by atoms with Gasteiger partial charge in [0.2, 0.25) is 0 Å². The molecule has 3 aromatic rings. The van der Waals surface area contributed by atoms with Crippen LogP contribution in [0.2, 0.25) is 0 Å². The molecular weight excluding hydrogens is 272 g/mol. The largest absolute Gasteiger partial charge is 0.369 e. The van der Waals surface area contributed by atoms with E-state index in [9.17, 15) is 0 Å². The summed E-state index contributed by atoms with van der Waals surface area (Å²) < 4.78 is 0. The number of nitrogens with zero attached hydrogens (tertiary/aromatic N) is 3. The summed E-state index contributed by atoms with van der Waals surface area (Å²) in [7, 11) is 3.91. The molecule has 0 amide bonds. The predicted molar refractivity (Wildman–Crippen MR) is 93.3 cm³/mol. The van der Waals surface area contributed by atoms with Crippen LogP contribution in [0.15, 0.2) is 53.5 Å². The highest BCUT2D eigenvalue weighted by molar-refractivity contribution is 5.90. The number of aromatic nitrogens is 2. The molecule has 0 aliphatic rings. The molecule has 0 saturated carbocycles. The van der Waals surface area contributed by atoms with Crippen LogP contribution in [0.3, 0.4) is 0 Å². The molecule has 1 N–H and O–H groups in total. The van der Waals surface area contributed by atoms with Crippen molar-refractivity contribution in [3.05, 3.63) is 59.8 Å². The van der Waals surface area contributed by atoms with Crippen molar-refractivity contribution in [2.45, 2.75) is 0 Å². The number of para-hydroxylation sites is 2. The first-order valence-corrected chi connectivity index (χ1v) is 7.15. The number of benzene rings is 2. The number of hydrogen-bond acceptors (Lipinski definition) is 2. The molecule has 2 aromatic carbocycles. The number of rotatable bonds is 4. The monoisotopic (exact) mass is 290 g/mol. The number of aromatic amines is 1. The van der Waals surface area contributed by atoms with Gasteiger partial charge < -0.3 is 4.90 Å². The Balaban J connectivity index is 1.93. The molecule has 0 aliphatic heterocycles. The first kappa shape index (κ1) is 14.1. The molecule has 0 saturated heterocycles. The Morgan fingerprint density at radius 2 is 1.77 bits per heavy atom. The van der Waals surface area contributed by atoms with E-state index >= 15 is 0 Å². The van der Waals surface area contributed by atoms with Gasteiger partial charge in [0.05, 0.1) is 23.2 Å². The van der Waals surface area contributed by atoms with Gasteiger partial charge in [0.1, 0.15) is 0 Å². The van der Waals surface area contributed by atoms with E-state index in [-0.39, 0.29) is 0 Å². The second-order valence-corrected chi connectivity index (χ2v) is 5.25. The number of fused-ring (bicyclic) bond motifs is 1. The molecule has 4 nitrogen and oxygen atoms in total. The van der Waals surface area contributed by atoms with E-state index in [4.69, 9.17) is 0 Å². The normalized spacial score (nSPS) is 11.7. The minimum absolute atomic E-state index is 0.932. The Morgan fingerprint density at radius 1 is 1.00 bits per heavy atom. The van der Waals surface area contributed by atoms with Crippen LogP contribution in [0.5, 0.6) is 0 Å². The lowest BCUT2D eigenvalue weighted by atomic mass is 10.1. The maximum atomic E-state index is 4.49. The molecule has 0 spiro atoms. The Labute approximate surface area is 129 Å². The molecule has 1 aromatic heterocycles. The molecule has 0 bridgehead atoms. The van der Waals surface area contributed by atoms with Gasteiger partial charge in [-0.25, -0.2) is 4.99 Å². The van der Waals surface area contributed by atoms with Crippen LogP contribution in [-0.2, 0) is 0 Å². The first-order chi connectivity index (χ1) is 10.7. The smallest absolute Gasteiger partial charge is 0.0927 e. The van der Waals surface area contributed by atoms with Crippen molar-refractivity contribution in [3.8, 4) is 0 Å². The lowest BCUT2D eigenvalue weighted by Gasteiger charge is -2.04. The van der Waals surface area contributed by atoms with Gasteiger partial charge in [-0.2, -0.15) is 5.10 Å². The summed E-state index contributed by atoms with van der Waals surface area (Å²) in [5, 5.41) is 8.52. The van der Waals surface area contributed by atoms with Gasteiger partial charge in [0.25, 0.3) is 0 Å². The summed E-state index contributed by atoms with van der Waals surface area (Å²) in [5.74, 6) is 0. The standard InChI is InChI=1S/C18H18N4/c1-22(2)13-19-16-9-5-3-7-14(16)11-12-18-15-8-4-6-10-17(15)20-21-18/h3-13H,1-2H3,(H,20,21)/b12-11+,19-13?. The molecule has 4 heteroatoms. The summed E-state index contributed by atoms with van der Waals surface area (Å²) in [6.07, 6.45) is 5.87. The Morgan fingerprint density at radius 3 is 2.64 bits per heavy atom. The van der Waals surface area contributed by atoms with Crippen LogP contribution in [0, 0.1) is 0 Å². The van der Waals surface area contributed by atoms with E-state index in [0.717, 1.165) is 27.8 Å². The molecule has 0 aliphatic carbocycles. The highest BCUT2D eigenvalue weighted by Gasteiger charge is 2.01. The predicted octanol–water partition coefficient (Wildman–Crippen LogP) is 3.95. The number of H-pyrrole nitrogens is 1. The van der Waals surface area contributed by atoms with E-state index in [2.05, 4.69) is 21.3 Å². The van der Waals surface area contributed by atoms with E-state index in [0.29, 0.717) is 0 Å².